The third-order valence-electron chi connectivity index (χ3n) is 2.51. The molecular weight excluding hydrogens is 268 g/mol. The van der Waals surface area contributed by atoms with Crippen LogP contribution in [0.2, 0.25) is 5.02 Å². The summed E-state index contributed by atoms with van der Waals surface area (Å²) in [6.45, 7) is 3.40. The lowest BCUT2D eigenvalue weighted by Crippen LogP contribution is -2.41. The molecule has 1 unspecified atom stereocenters. The van der Waals surface area contributed by atoms with Crippen LogP contribution in [-0.2, 0) is 9.59 Å². The lowest BCUT2D eigenvalue weighted by Gasteiger charge is -2.16. The number of aryl methyl sites for hydroxylation is 1. The number of ether oxygens (including phenoxy) is 1. The highest BCUT2D eigenvalue weighted by Gasteiger charge is 2.16. The van der Waals surface area contributed by atoms with Gasteiger partial charge < -0.3 is 15.4 Å². The summed E-state index contributed by atoms with van der Waals surface area (Å²) < 4.78 is 5.53. The molecule has 6 heteroatoms. The number of hydrogen-bond acceptors (Lipinski definition) is 3. The van der Waals surface area contributed by atoms with Gasteiger partial charge in [-0.1, -0.05) is 11.6 Å². The van der Waals surface area contributed by atoms with E-state index in [1.165, 1.54) is 7.05 Å². The zero-order valence-electron chi connectivity index (χ0n) is 11.1. The number of hydrogen-bond donors (Lipinski definition) is 2. The molecule has 0 radical (unpaired) electrons. The van der Waals surface area contributed by atoms with Gasteiger partial charge in [0.05, 0.1) is 6.54 Å². The molecule has 1 rings (SSSR count). The molecule has 0 bridgehead atoms. The van der Waals surface area contributed by atoms with Crippen LogP contribution in [-0.4, -0.2) is 31.5 Å². The second-order valence-corrected chi connectivity index (χ2v) is 4.50. The molecule has 0 aromatic heterocycles. The van der Waals surface area contributed by atoms with Crippen LogP contribution in [0, 0.1) is 6.92 Å². The number of amides is 2. The highest BCUT2D eigenvalue weighted by molar-refractivity contribution is 6.30. The maximum atomic E-state index is 11.7. The number of benzene rings is 1. The molecule has 0 spiro atoms. The van der Waals surface area contributed by atoms with Gasteiger partial charge >= 0.3 is 0 Å². The maximum absolute atomic E-state index is 11.7. The van der Waals surface area contributed by atoms with Gasteiger partial charge in [0, 0.05) is 12.1 Å². The van der Waals surface area contributed by atoms with Crippen LogP contribution in [0.25, 0.3) is 0 Å². The standard InChI is InChI=1S/C13H17ClN2O3/c1-8-6-10(14)4-5-11(8)19-9(2)13(18)16-7-12(17)15-3/h4-6,9H,7H2,1-3H3,(H,15,17)(H,16,18). The second kappa shape index (κ2) is 6.99. The zero-order chi connectivity index (χ0) is 14.4. The molecule has 0 heterocycles. The minimum absolute atomic E-state index is 0.0668. The van der Waals surface area contributed by atoms with Crippen molar-refractivity contribution in [2.24, 2.45) is 0 Å². The Kier molecular flexibility index (Phi) is 5.63. The van der Waals surface area contributed by atoms with Gasteiger partial charge in [0.2, 0.25) is 5.91 Å². The van der Waals surface area contributed by atoms with Gasteiger partial charge in [-0.15, -0.1) is 0 Å². The topological polar surface area (TPSA) is 67.4 Å². The van der Waals surface area contributed by atoms with Crippen LogP contribution >= 0.6 is 11.6 Å². The Bertz CT molecular complexity index is 477. The Morgan fingerprint density at radius 1 is 1.42 bits per heavy atom. The van der Waals surface area contributed by atoms with Crippen LogP contribution < -0.4 is 15.4 Å². The molecule has 2 N–H and O–H groups in total. The Hall–Kier alpha value is -1.75. The quantitative estimate of drug-likeness (QED) is 0.856. The van der Waals surface area contributed by atoms with Crippen molar-refractivity contribution in [3.8, 4) is 5.75 Å². The molecule has 1 aromatic rings. The summed E-state index contributed by atoms with van der Waals surface area (Å²) in [5.41, 5.74) is 0.846. The molecule has 0 aliphatic heterocycles. The fraction of sp³-hybridized carbons (Fsp3) is 0.385. The molecule has 0 saturated carbocycles. The Labute approximate surface area is 117 Å². The van der Waals surface area contributed by atoms with Crippen molar-refractivity contribution in [3.05, 3.63) is 28.8 Å². The van der Waals surface area contributed by atoms with Crippen molar-refractivity contribution in [2.45, 2.75) is 20.0 Å². The van der Waals surface area contributed by atoms with E-state index in [1.54, 1.807) is 25.1 Å². The number of likely N-dealkylation sites (N-methyl/N-ethyl adjacent to an activating group) is 1. The molecule has 0 fully saturated rings. The Morgan fingerprint density at radius 2 is 2.11 bits per heavy atom. The monoisotopic (exact) mass is 284 g/mol. The van der Waals surface area contributed by atoms with Crippen LogP contribution in [0.15, 0.2) is 18.2 Å². The van der Waals surface area contributed by atoms with Crippen LogP contribution in [0.1, 0.15) is 12.5 Å². The van der Waals surface area contributed by atoms with Crippen LogP contribution in [0.3, 0.4) is 0 Å². The van der Waals surface area contributed by atoms with Gasteiger partial charge in [-0.05, 0) is 37.6 Å². The number of carbonyl (C=O) groups is 2. The molecule has 19 heavy (non-hydrogen) atoms. The van der Waals surface area contributed by atoms with Gasteiger partial charge in [0.1, 0.15) is 5.75 Å². The predicted octanol–water partition coefficient (Wildman–Crippen LogP) is 1.28. The van der Waals surface area contributed by atoms with E-state index in [-0.39, 0.29) is 18.4 Å². The molecular formula is C13H17ClN2O3. The average molecular weight is 285 g/mol. The first-order valence-electron chi connectivity index (χ1n) is 5.85. The highest BCUT2D eigenvalue weighted by Crippen LogP contribution is 2.22. The van der Waals surface area contributed by atoms with Crippen LogP contribution in [0.4, 0.5) is 0 Å². The summed E-state index contributed by atoms with van der Waals surface area (Å²) in [4.78, 5) is 22.7. The van der Waals surface area contributed by atoms with Crippen molar-refractivity contribution in [1.82, 2.24) is 10.6 Å². The Balaban J connectivity index is 2.56. The average Bonchev–Trinajstić information content (AvgIpc) is 2.38. The number of nitrogens with one attached hydrogen (secondary N) is 2. The van der Waals surface area contributed by atoms with E-state index in [2.05, 4.69) is 10.6 Å². The van der Waals surface area contributed by atoms with E-state index in [9.17, 15) is 9.59 Å². The molecule has 1 atom stereocenters. The largest absolute Gasteiger partial charge is 0.481 e. The normalized spacial score (nSPS) is 11.6. The van der Waals surface area contributed by atoms with Gasteiger partial charge in [-0.2, -0.15) is 0 Å². The van der Waals surface area contributed by atoms with Crippen molar-refractivity contribution in [1.29, 1.82) is 0 Å². The minimum atomic E-state index is -0.690. The van der Waals surface area contributed by atoms with E-state index < -0.39 is 6.10 Å². The van der Waals surface area contributed by atoms with E-state index in [1.807, 2.05) is 6.92 Å². The summed E-state index contributed by atoms with van der Waals surface area (Å²) in [7, 11) is 1.51. The molecule has 104 valence electrons. The first-order valence-corrected chi connectivity index (χ1v) is 6.23. The van der Waals surface area contributed by atoms with Crippen LogP contribution in [0.5, 0.6) is 5.75 Å². The molecule has 0 aliphatic carbocycles. The lowest BCUT2D eigenvalue weighted by molar-refractivity contribution is -0.130. The molecule has 0 saturated heterocycles. The number of rotatable bonds is 5. The van der Waals surface area contributed by atoms with E-state index in [0.29, 0.717) is 10.8 Å². The summed E-state index contributed by atoms with van der Waals surface area (Å²) in [6.07, 6.45) is -0.690. The Morgan fingerprint density at radius 3 is 2.68 bits per heavy atom. The number of halogens is 1. The fourth-order valence-electron chi connectivity index (χ4n) is 1.39. The first-order chi connectivity index (χ1) is 8.93. The second-order valence-electron chi connectivity index (χ2n) is 4.06. The fourth-order valence-corrected chi connectivity index (χ4v) is 1.62. The van der Waals surface area contributed by atoms with Gasteiger partial charge in [-0.3, -0.25) is 9.59 Å². The summed E-state index contributed by atoms with van der Waals surface area (Å²) in [6, 6.07) is 5.16. The van der Waals surface area contributed by atoms with Gasteiger partial charge in [0.15, 0.2) is 6.10 Å². The van der Waals surface area contributed by atoms with Gasteiger partial charge in [0.25, 0.3) is 5.91 Å². The van der Waals surface area contributed by atoms with Crippen molar-refractivity contribution >= 4 is 23.4 Å². The SMILES string of the molecule is CNC(=O)CNC(=O)C(C)Oc1ccc(Cl)cc1C. The lowest BCUT2D eigenvalue weighted by atomic mass is 10.2. The van der Waals surface area contributed by atoms with Gasteiger partial charge in [-0.25, -0.2) is 0 Å². The predicted molar refractivity (Wildman–Crippen MR) is 73.4 cm³/mol. The first kappa shape index (κ1) is 15.3. The molecule has 1 aromatic carbocycles. The minimum Gasteiger partial charge on any atom is -0.481 e. The summed E-state index contributed by atoms with van der Waals surface area (Å²) in [5.74, 6) is -0.0202. The zero-order valence-corrected chi connectivity index (χ0v) is 11.9. The van der Waals surface area contributed by atoms with Crippen molar-refractivity contribution in [2.75, 3.05) is 13.6 Å². The smallest absolute Gasteiger partial charge is 0.261 e. The highest BCUT2D eigenvalue weighted by atomic mass is 35.5. The summed E-state index contributed by atoms with van der Waals surface area (Å²) >= 11 is 5.84. The van der Waals surface area contributed by atoms with E-state index in [0.717, 1.165) is 5.56 Å². The van der Waals surface area contributed by atoms with Crippen molar-refractivity contribution < 1.29 is 14.3 Å². The molecule has 5 nitrogen and oxygen atoms in total. The molecule has 0 aliphatic rings. The maximum Gasteiger partial charge on any atom is 0.261 e. The van der Waals surface area contributed by atoms with E-state index in [4.69, 9.17) is 16.3 Å². The van der Waals surface area contributed by atoms with E-state index >= 15 is 0 Å². The van der Waals surface area contributed by atoms with Crippen molar-refractivity contribution in [3.63, 3.8) is 0 Å². The number of carbonyl (C=O) groups excluding carboxylic acids is 2. The third-order valence-corrected chi connectivity index (χ3v) is 2.75. The third kappa shape index (κ3) is 4.79. The summed E-state index contributed by atoms with van der Waals surface area (Å²) in [5, 5.41) is 5.51. The molecule has 2 amide bonds.